The van der Waals surface area contributed by atoms with Gasteiger partial charge in [0.05, 0.1) is 27.6 Å². The Morgan fingerprint density at radius 1 is 0.448 bits per heavy atom. The molecular formula is C54H30N2O2. The Hall–Kier alpha value is -7.56. The third-order valence-corrected chi connectivity index (χ3v) is 13.5. The first-order valence-electron chi connectivity index (χ1n) is 20.2. The Morgan fingerprint density at radius 2 is 1.07 bits per heavy atom. The van der Waals surface area contributed by atoms with Crippen LogP contribution in [0.4, 0.5) is 0 Å². The normalized spacial score (nSPS) is 15.1. The molecule has 13 aromatic rings. The zero-order valence-corrected chi connectivity index (χ0v) is 31.1. The van der Waals surface area contributed by atoms with Gasteiger partial charge in [-0.25, -0.2) is 0 Å². The zero-order valence-electron chi connectivity index (χ0n) is 31.1. The predicted octanol–water partition coefficient (Wildman–Crippen LogP) is 14.6. The highest BCUT2D eigenvalue weighted by atomic mass is 16.3. The van der Waals surface area contributed by atoms with Gasteiger partial charge in [0.2, 0.25) is 0 Å². The first kappa shape index (κ1) is 29.7. The van der Waals surface area contributed by atoms with E-state index in [-0.39, 0.29) is 5.92 Å². The number of fused-ring (bicyclic) bond motifs is 18. The van der Waals surface area contributed by atoms with Crippen LogP contribution in [0.2, 0.25) is 0 Å². The summed E-state index contributed by atoms with van der Waals surface area (Å²) in [5.74, 6) is 1.20. The molecule has 0 radical (unpaired) electrons. The van der Waals surface area contributed by atoms with E-state index >= 15 is 0 Å². The summed E-state index contributed by atoms with van der Waals surface area (Å²) in [6, 6.07) is 57.6. The molecule has 0 bridgehead atoms. The molecule has 1 aliphatic carbocycles. The predicted molar refractivity (Wildman–Crippen MR) is 239 cm³/mol. The van der Waals surface area contributed by atoms with Crippen LogP contribution in [-0.4, -0.2) is 8.97 Å². The average molecular weight is 739 g/mol. The fraction of sp³-hybridized carbons (Fsp3) is 0.0370. The van der Waals surface area contributed by atoms with Crippen molar-refractivity contribution in [2.45, 2.75) is 12.3 Å². The van der Waals surface area contributed by atoms with E-state index in [1.807, 2.05) is 0 Å². The lowest BCUT2D eigenvalue weighted by Gasteiger charge is -2.22. The maximum atomic E-state index is 6.62. The van der Waals surface area contributed by atoms with Gasteiger partial charge in [0, 0.05) is 88.9 Å². The van der Waals surface area contributed by atoms with Gasteiger partial charge in [-0.1, -0.05) is 133 Å². The molecule has 5 aromatic heterocycles. The largest absolute Gasteiger partial charge is 0.456 e. The lowest BCUT2D eigenvalue weighted by atomic mass is 9.84. The van der Waals surface area contributed by atoms with Gasteiger partial charge in [-0.2, -0.15) is 0 Å². The SMILES string of the molecule is C1=C2C(Cc3c1oc1ccccc31)c1cccc3c4c(-c5ccccc5)c5c(c(-c6ccccc6)c4n2c13)c1cccc2c3cc4c(cc3n5c21)oc1ccccc14. The van der Waals surface area contributed by atoms with Crippen LogP contribution in [0.25, 0.3) is 127 Å². The third kappa shape index (κ3) is 3.42. The maximum Gasteiger partial charge on any atom is 0.137 e. The minimum absolute atomic E-state index is 0.223. The summed E-state index contributed by atoms with van der Waals surface area (Å²) < 4.78 is 18.4. The van der Waals surface area contributed by atoms with Crippen LogP contribution in [0.5, 0.6) is 0 Å². The number of hydrogen-bond acceptors (Lipinski definition) is 2. The zero-order chi connectivity index (χ0) is 37.4. The average Bonchev–Trinajstić information content (AvgIpc) is 4.12. The summed E-state index contributed by atoms with van der Waals surface area (Å²) in [5.41, 5.74) is 17.9. The Bertz CT molecular complexity index is 3980. The highest BCUT2D eigenvalue weighted by molar-refractivity contribution is 6.37. The number of para-hydroxylation sites is 4. The summed E-state index contributed by atoms with van der Waals surface area (Å²) in [7, 11) is 0. The van der Waals surface area contributed by atoms with E-state index in [2.05, 4.69) is 173 Å². The molecule has 1 atom stereocenters. The van der Waals surface area contributed by atoms with Crippen LogP contribution in [0.1, 0.15) is 22.8 Å². The van der Waals surface area contributed by atoms with Crippen molar-refractivity contribution >= 4 is 105 Å². The number of allylic oxidation sites excluding steroid dienone is 1. The summed E-state index contributed by atoms with van der Waals surface area (Å²) >= 11 is 0. The third-order valence-electron chi connectivity index (χ3n) is 13.5. The standard InChI is InChI=1S/C54H30N2O2/c1-3-13-29(14-4-1)47-49-35-21-11-19-33-38-26-40-32-18-8-10-24-44(32)58-46(40)28-42(38)56(51(33)35)54(49)48(30-15-5-2-6-16-30)50-36-22-12-20-34-37-25-39-31-17-7-9-23-43(31)57-45(39)27-41(37)55(52(34)36)53(47)50/h1-25,27-28,38H,26H2. The first-order valence-corrected chi connectivity index (χ1v) is 20.2. The van der Waals surface area contributed by atoms with Crippen molar-refractivity contribution in [3.05, 3.63) is 175 Å². The molecule has 15 rings (SSSR count). The topological polar surface area (TPSA) is 35.6 Å². The minimum Gasteiger partial charge on any atom is -0.456 e. The van der Waals surface area contributed by atoms with Crippen LogP contribution in [-0.2, 0) is 6.42 Å². The van der Waals surface area contributed by atoms with E-state index in [9.17, 15) is 0 Å². The highest BCUT2D eigenvalue weighted by Crippen LogP contribution is 2.58. The Balaban J connectivity index is 1.21. The van der Waals surface area contributed by atoms with E-state index in [0.717, 1.165) is 45.2 Å². The molecule has 4 nitrogen and oxygen atoms in total. The number of hydrogen-bond donors (Lipinski definition) is 0. The van der Waals surface area contributed by atoms with Crippen molar-refractivity contribution in [3.63, 3.8) is 0 Å². The Labute approximate surface area is 330 Å². The summed E-state index contributed by atoms with van der Waals surface area (Å²) in [4.78, 5) is 0. The second-order valence-corrected chi connectivity index (χ2v) is 16.3. The molecule has 268 valence electrons. The molecule has 58 heavy (non-hydrogen) atoms. The number of benzene rings is 8. The van der Waals surface area contributed by atoms with Gasteiger partial charge in [-0.15, -0.1) is 0 Å². The lowest BCUT2D eigenvalue weighted by molar-refractivity contribution is 0.593. The van der Waals surface area contributed by atoms with Crippen LogP contribution in [0.3, 0.4) is 0 Å². The van der Waals surface area contributed by atoms with Crippen LogP contribution in [0.15, 0.2) is 167 Å². The summed E-state index contributed by atoms with van der Waals surface area (Å²) in [5, 5.41) is 11.1. The van der Waals surface area contributed by atoms with E-state index < -0.39 is 0 Å². The monoisotopic (exact) mass is 738 g/mol. The quantitative estimate of drug-likeness (QED) is 0.177. The van der Waals surface area contributed by atoms with E-state index in [1.165, 1.54) is 98.8 Å². The summed E-state index contributed by atoms with van der Waals surface area (Å²) in [6.45, 7) is 0. The van der Waals surface area contributed by atoms with Gasteiger partial charge in [0.15, 0.2) is 0 Å². The van der Waals surface area contributed by atoms with Gasteiger partial charge in [-0.05, 0) is 41.3 Å². The molecule has 4 heteroatoms. The number of rotatable bonds is 2. The molecule has 0 fully saturated rings. The van der Waals surface area contributed by atoms with Crippen molar-refractivity contribution in [3.8, 4) is 22.3 Å². The molecular weight excluding hydrogens is 709 g/mol. The molecule has 1 aliphatic heterocycles. The van der Waals surface area contributed by atoms with Gasteiger partial charge >= 0.3 is 0 Å². The molecule has 2 aliphatic rings. The van der Waals surface area contributed by atoms with Crippen molar-refractivity contribution < 1.29 is 8.83 Å². The molecule has 0 N–H and O–H groups in total. The smallest absolute Gasteiger partial charge is 0.137 e. The van der Waals surface area contributed by atoms with Crippen LogP contribution in [0, 0.1) is 0 Å². The number of aromatic nitrogens is 2. The minimum atomic E-state index is 0.223. The van der Waals surface area contributed by atoms with Crippen LogP contribution >= 0.6 is 0 Å². The van der Waals surface area contributed by atoms with Crippen LogP contribution < -0.4 is 0 Å². The van der Waals surface area contributed by atoms with Crippen molar-refractivity contribution in [1.29, 1.82) is 0 Å². The van der Waals surface area contributed by atoms with E-state index in [0.29, 0.717) is 0 Å². The summed E-state index contributed by atoms with van der Waals surface area (Å²) in [6.07, 6.45) is 3.26. The van der Waals surface area contributed by atoms with Crippen molar-refractivity contribution in [1.82, 2.24) is 8.97 Å². The second-order valence-electron chi connectivity index (χ2n) is 16.3. The Morgan fingerprint density at radius 3 is 1.86 bits per heavy atom. The molecule has 1 unspecified atom stereocenters. The van der Waals surface area contributed by atoms with Crippen molar-refractivity contribution in [2.75, 3.05) is 0 Å². The molecule has 6 heterocycles. The van der Waals surface area contributed by atoms with Gasteiger partial charge < -0.3 is 17.8 Å². The molecule has 8 aromatic carbocycles. The van der Waals surface area contributed by atoms with Crippen molar-refractivity contribution in [2.24, 2.45) is 0 Å². The van der Waals surface area contributed by atoms with E-state index in [4.69, 9.17) is 8.83 Å². The lowest BCUT2D eigenvalue weighted by Crippen LogP contribution is -2.09. The molecule has 0 saturated carbocycles. The Kier molecular flexibility index (Phi) is 5.24. The molecule has 0 amide bonds. The fourth-order valence-corrected chi connectivity index (χ4v) is 11.3. The first-order chi connectivity index (χ1) is 28.8. The van der Waals surface area contributed by atoms with E-state index in [1.54, 1.807) is 0 Å². The fourth-order valence-electron chi connectivity index (χ4n) is 11.3. The molecule has 0 spiro atoms. The number of furan rings is 2. The van der Waals surface area contributed by atoms with Gasteiger partial charge in [0.1, 0.15) is 22.5 Å². The van der Waals surface area contributed by atoms with Gasteiger partial charge in [0.25, 0.3) is 0 Å². The van der Waals surface area contributed by atoms with Gasteiger partial charge in [-0.3, -0.25) is 0 Å². The number of nitrogens with zero attached hydrogens (tertiary/aromatic N) is 2. The molecule has 0 saturated heterocycles. The second kappa shape index (κ2) is 10.2. The maximum absolute atomic E-state index is 6.62. The highest BCUT2D eigenvalue weighted by Gasteiger charge is 2.39.